The second-order valence-corrected chi connectivity index (χ2v) is 2.90. The van der Waals surface area contributed by atoms with E-state index in [2.05, 4.69) is 24.0 Å². The Labute approximate surface area is 79.3 Å². The molecule has 0 saturated carbocycles. The largest absolute Gasteiger partial charge is 0.479 e. The number of nitrogens with zero attached hydrogens (tertiary/aromatic N) is 1. The fourth-order valence-electron chi connectivity index (χ4n) is 0.976. The molecule has 0 atom stereocenters. The molecular weight excluding hydrogens is 162 g/mol. The highest BCUT2D eigenvalue weighted by atomic mass is 16.5. The van der Waals surface area contributed by atoms with Crippen molar-refractivity contribution < 1.29 is 4.74 Å². The van der Waals surface area contributed by atoms with Gasteiger partial charge >= 0.3 is 0 Å². The van der Waals surface area contributed by atoms with Crippen LogP contribution in [0.2, 0.25) is 0 Å². The van der Waals surface area contributed by atoms with Crippen LogP contribution in [0.1, 0.15) is 12.5 Å². The number of aliphatic imine (C=N–C) groups is 1. The second kappa shape index (κ2) is 5.36. The van der Waals surface area contributed by atoms with E-state index in [0.717, 1.165) is 19.0 Å². The summed E-state index contributed by atoms with van der Waals surface area (Å²) in [6.45, 7) is 5.59. The molecule has 1 heterocycles. The van der Waals surface area contributed by atoms with Gasteiger partial charge in [-0.2, -0.15) is 0 Å². The Bertz CT molecular complexity index is 267. The highest BCUT2D eigenvalue weighted by Gasteiger charge is 1.96. The van der Waals surface area contributed by atoms with Gasteiger partial charge in [-0.25, -0.2) is 0 Å². The molecule has 0 aromatic heterocycles. The molecule has 0 bridgehead atoms. The average Bonchev–Trinajstić information content (AvgIpc) is 2.58. The summed E-state index contributed by atoms with van der Waals surface area (Å²) in [5, 5.41) is 0. The molecule has 0 saturated heterocycles. The van der Waals surface area contributed by atoms with Gasteiger partial charge in [0.1, 0.15) is 6.61 Å². The van der Waals surface area contributed by atoms with Gasteiger partial charge < -0.3 is 4.74 Å². The van der Waals surface area contributed by atoms with Gasteiger partial charge in [-0.1, -0.05) is 35.9 Å². The van der Waals surface area contributed by atoms with E-state index >= 15 is 0 Å². The highest BCUT2D eigenvalue weighted by molar-refractivity contribution is 5.74. The van der Waals surface area contributed by atoms with Crippen molar-refractivity contribution in [2.45, 2.75) is 13.8 Å². The number of hydrogen-bond acceptors (Lipinski definition) is 2. The molecular formula is C11H15NO. The lowest BCUT2D eigenvalue weighted by molar-refractivity contribution is 0.345. The Hall–Kier alpha value is -1.31. The molecule has 13 heavy (non-hydrogen) atoms. The number of aryl methyl sites for hydroxylation is 1. The normalized spacial score (nSPS) is 13.8. The van der Waals surface area contributed by atoms with Gasteiger partial charge in [0.05, 0.1) is 6.54 Å². The zero-order valence-corrected chi connectivity index (χ0v) is 8.16. The van der Waals surface area contributed by atoms with Crippen LogP contribution in [0.3, 0.4) is 0 Å². The van der Waals surface area contributed by atoms with E-state index in [0.29, 0.717) is 0 Å². The first-order valence-corrected chi connectivity index (χ1v) is 4.44. The fourth-order valence-corrected chi connectivity index (χ4v) is 0.976. The Morgan fingerprint density at radius 3 is 2.08 bits per heavy atom. The van der Waals surface area contributed by atoms with Crippen molar-refractivity contribution in [1.29, 1.82) is 0 Å². The maximum absolute atomic E-state index is 4.90. The Balaban J connectivity index is 0.000000132. The molecule has 0 unspecified atom stereocenters. The smallest absolute Gasteiger partial charge is 0.180 e. The quantitative estimate of drug-likeness (QED) is 0.596. The average molecular weight is 177 g/mol. The molecule has 2 heteroatoms. The highest BCUT2D eigenvalue weighted by Crippen LogP contribution is 1.92. The summed E-state index contributed by atoms with van der Waals surface area (Å²) in [4.78, 5) is 3.93. The van der Waals surface area contributed by atoms with Gasteiger partial charge in [-0.3, -0.25) is 4.99 Å². The number of benzene rings is 1. The number of ether oxygens (including phenoxy) is 1. The SMILES string of the molecule is CC1=NCCO1.Cc1ccccc1. The van der Waals surface area contributed by atoms with Crippen LogP contribution in [-0.4, -0.2) is 19.0 Å². The molecule has 0 spiro atoms. The minimum atomic E-state index is 0.784. The molecule has 0 amide bonds. The van der Waals surface area contributed by atoms with E-state index in [1.165, 1.54) is 5.56 Å². The Morgan fingerprint density at radius 1 is 1.15 bits per heavy atom. The van der Waals surface area contributed by atoms with E-state index in [9.17, 15) is 0 Å². The van der Waals surface area contributed by atoms with Gasteiger partial charge in [0, 0.05) is 6.92 Å². The minimum Gasteiger partial charge on any atom is -0.479 e. The summed E-state index contributed by atoms with van der Waals surface area (Å²) in [6, 6.07) is 10.3. The van der Waals surface area contributed by atoms with Gasteiger partial charge in [0.25, 0.3) is 0 Å². The predicted octanol–water partition coefficient (Wildman–Crippen LogP) is 2.43. The number of hydrogen-bond donors (Lipinski definition) is 0. The van der Waals surface area contributed by atoms with E-state index in [4.69, 9.17) is 4.74 Å². The molecule has 0 fully saturated rings. The third-order valence-corrected chi connectivity index (χ3v) is 1.68. The summed E-state index contributed by atoms with van der Waals surface area (Å²) < 4.78 is 4.90. The summed E-state index contributed by atoms with van der Waals surface area (Å²) in [6.07, 6.45) is 0. The van der Waals surface area contributed by atoms with Gasteiger partial charge in [-0.05, 0) is 6.92 Å². The van der Waals surface area contributed by atoms with Gasteiger partial charge in [-0.15, -0.1) is 0 Å². The van der Waals surface area contributed by atoms with Crippen molar-refractivity contribution in [2.75, 3.05) is 13.2 Å². The summed E-state index contributed by atoms with van der Waals surface area (Å²) in [5.74, 6) is 0.829. The maximum atomic E-state index is 4.90. The van der Waals surface area contributed by atoms with Crippen LogP contribution in [0.15, 0.2) is 35.3 Å². The predicted molar refractivity (Wildman–Crippen MR) is 55.1 cm³/mol. The van der Waals surface area contributed by atoms with Crippen LogP contribution in [-0.2, 0) is 4.74 Å². The summed E-state index contributed by atoms with van der Waals surface area (Å²) in [7, 11) is 0. The van der Waals surface area contributed by atoms with E-state index in [-0.39, 0.29) is 0 Å². The number of rotatable bonds is 0. The van der Waals surface area contributed by atoms with Crippen LogP contribution < -0.4 is 0 Å². The molecule has 0 N–H and O–H groups in total. The zero-order valence-electron chi connectivity index (χ0n) is 8.16. The molecule has 1 aromatic rings. The van der Waals surface area contributed by atoms with Crippen LogP contribution in [0.4, 0.5) is 0 Å². The van der Waals surface area contributed by atoms with Gasteiger partial charge in [0.15, 0.2) is 5.90 Å². The van der Waals surface area contributed by atoms with Crippen molar-refractivity contribution in [3.8, 4) is 0 Å². The molecule has 0 aliphatic carbocycles. The molecule has 0 radical (unpaired) electrons. The van der Waals surface area contributed by atoms with E-state index in [1.54, 1.807) is 0 Å². The van der Waals surface area contributed by atoms with Crippen LogP contribution >= 0.6 is 0 Å². The third kappa shape index (κ3) is 4.31. The monoisotopic (exact) mass is 177 g/mol. The first-order valence-electron chi connectivity index (χ1n) is 4.44. The fraction of sp³-hybridized carbons (Fsp3) is 0.364. The van der Waals surface area contributed by atoms with Crippen LogP contribution in [0, 0.1) is 6.92 Å². The lowest BCUT2D eigenvalue weighted by Crippen LogP contribution is -1.89. The van der Waals surface area contributed by atoms with Crippen molar-refractivity contribution >= 4 is 5.90 Å². The van der Waals surface area contributed by atoms with Crippen LogP contribution in [0.5, 0.6) is 0 Å². The molecule has 1 aliphatic rings. The molecule has 2 nitrogen and oxygen atoms in total. The van der Waals surface area contributed by atoms with Crippen LogP contribution in [0.25, 0.3) is 0 Å². The van der Waals surface area contributed by atoms with Crippen molar-refractivity contribution in [2.24, 2.45) is 4.99 Å². The van der Waals surface area contributed by atoms with E-state index in [1.807, 2.05) is 25.1 Å². The minimum absolute atomic E-state index is 0.784. The first-order chi connectivity index (χ1) is 6.29. The topological polar surface area (TPSA) is 21.6 Å². The lowest BCUT2D eigenvalue weighted by atomic mass is 10.2. The lowest BCUT2D eigenvalue weighted by Gasteiger charge is -1.86. The zero-order chi connectivity index (χ0) is 9.52. The standard InChI is InChI=1S/C7H8.C4H7NO/c1-7-5-3-2-4-6-7;1-4-5-2-3-6-4/h2-6H,1H3;2-3H2,1H3. The first kappa shape index (κ1) is 9.78. The molecule has 1 aromatic carbocycles. The van der Waals surface area contributed by atoms with Gasteiger partial charge in [0.2, 0.25) is 0 Å². The maximum Gasteiger partial charge on any atom is 0.180 e. The Morgan fingerprint density at radius 2 is 1.85 bits per heavy atom. The Kier molecular flexibility index (Phi) is 4.03. The second-order valence-electron chi connectivity index (χ2n) is 2.90. The molecule has 70 valence electrons. The molecule has 1 aliphatic heterocycles. The third-order valence-electron chi connectivity index (χ3n) is 1.68. The summed E-state index contributed by atoms with van der Waals surface area (Å²) >= 11 is 0. The van der Waals surface area contributed by atoms with E-state index < -0.39 is 0 Å². The van der Waals surface area contributed by atoms with Crippen molar-refractivity contribution in [3.05, 3.63) is 35.9 Å². The van der Waals surface area contributed by atoms with Crippen molar-refractivity contribution in [3.63, 3.8) is 0 Å². The summed E-state index contributed by atoms with van der Waals surface area (Å²) in [5.41, 5.74) is 1.32. The molecule has 2 rings (SSSR count). The van der Waals surface area contributed by atoms with Crippen molar-refractivity contribution in [1.82, 2.24) is 0 Å².